The maximum Gasteiger partial charge on any atom is 0.324 e. The first-order valence-electron chi connectivity index (χ1n) is 2.81. The number of hydrogen-bond acceptors (Lipinski definition) is 3. The first kappa shape index (κ1) is 9.52. The van der Waals surface area contributed by atoms with Crippen molar-refractivity contribution in [3.05, 3.63) is 12.7 Å². The molecule has 0 aromatic carbocycles. The smallest absolute Gasteiger partial charge is 0.324 e. The highest BCUT2D eigenvalue weighted by Crippen LogP contribution is 2.09. The molecule has 0 aliphatic heterocycles. The summed E-state index contributed by atoms with van der Waals surface area (Å²) in [5, 5.41) is 8.54. The van der Waals surface area contributed by atoms with Gasteiger partial charge in [-0.1, -0.05) is 6.08 Å². The number of thiol groups is 1. The summed E-state index contributed by atoms with van der Waals surface area (Å²) in [5.74, 6) is -0.920. The van der Waals surface area contributed by atoms with E-state index in [1.54, 1.807) is 0 Å². The Morgan fingerprint density at radius 2 is 2.40 bits per heavy atom. The lowest BCUT2D eigenvalue weighted by Gasteiger charge is -2.19. The largest absolute Gasteiger partial charge is 0.480 e. The van der Waals surface area contributed by atoms with E-state index in [0.29, 0.717) is 0 Å². The van der Waals surface area contributed by atoms with Crippen molar-refractivity contribution in [3.8, 4) is 0 Å². The van der Waals surface area contributed by atoms with Gasteiger partial charge in [0, 0.05) is 5.75 Å². The van der Waals surface area contributed by atoms with Gasteiger partial charge in [0.2, 0.25) is 0 Å². The van der Waals surface area contributed by atoms with Crippen LogP contribution in [0.1, 0.15) is 6.42 Å². The Balaban J connectivity index is 4.21. The van der Waals surface area contributed by atoms with Crippen molar-refractivity contribution in [1.82, 2.24) is 0 Å². The van der Waals surface area contributed by atoms with Gasteiger partial charge in [0.1, 0.15) is 5.54 Å². The van der Waals surface area contributed by atoms with Gasteiger partial charge in [-0.2, -0.15) is 12.6 Å². The molecule has 0 saturated carbocycles. The summed E-state index contributed by atoms with van der Waals surface area (Å²) in [7, 11) is 0. The molecule has 0 rings (SSSR count). The molecule has 0 bridgehead atoms. The van der Waals surface area contributed by atoms with Gasteiger partial charge in [-0.25, -0.2) is 0 Å². The van der Waals surface area contributed by atoms with Crippen molar-refractivity contribution in [1.29, 1.82) is 0 Å². The van der Waals surface area contributed by atoms with E-state index in [1.165, 1.54) is 6.08 Å². The topological polar surface area (TPSA) is 63.3 Å². The highest BCUT2D eigenvalue weighted by molar-refractivity contribution is 7.80. The number of aliphatic carboxylic acids is 1. The summed E-state index contributed by atoms with van der Waals surface area (Å²) in [6, 6.07) is 0. The Hall–Kier alpha value is -0.480. The lowest BCUT2D eigenvalue weighted by Crippen LogP contribution is -2.49. The fraction of sp³-hybridized carbons (Fsp3) is 0.500. The van der Waals surface area contributed by atoms with Crippen LogP contribution in [-0.4, -0.2) is 22.4 Å². The van der Waals surface area contributed by atoms with Crippen molar-refractivity contribution in [2.24, 2.45) is 5.73 Å². The second-order valence-electron chi connectivity index (χ2n) is 2.11. The van der Waals surface area contributed by atoms with Gasteiger partial charge in [-0.15, -0.1) is 6.58 Å². The van der Waals surface area contributed by atoms with Crippen LogP contribution in [0.2, 0.25) is 0 Å². The van der Waals surface area contributed by atoms with Crippen LogP contribution >= 0.6 is 12.6 Å². The molecule has 3 nitrogen and oxygen atoms in total. The Morgan fingerprint density at radius 1 is 1.90 bits per heavy atom. The molecule has 0 aliphatic carbocycles. The molecule has 4 heteroatoms. The lowest BCUT2D eigenvalue weighted by molar-refractivity contribution is -0.142. The van der Waals surface area contributed by atoms with Gasteiger partial charge in [0.05, 0.1) is 0 Å². The van der Waals surface area contributed by atoms with E-state index in [0.717, 1.165) is 0 Å². The maximum atomic E-state index is 10.4. The van der Waals surface area contributed by atoms with Crippen molar-refractivity contribution < 1.29 is 9.90 Å². The SMILES string of the molecule is C=CCC(N)(CS)C(=O)O. The minimum Gasteiger partial charge on any atom is -0.480 e. The highest BCUT2D eigenvalue weighted by atomic mass is 32.1. The normalized spacial score (nSPS) is 15.8. The van der Waals surface area contributed by atoms with Gasteiger partial charge >= 0.3 is 5.97 Å². The lowest BCUT2D eigenvalue weighted by atomic mass is 10.00. The first-order chi connectivity index (χ1) is 4.56. The average molecular weight is 161 g/mol. The summed E-state index contributed by atoms with van der Waals surface area (Å²) in [5.41, 5.74) is 4.16. The van der Waals surface area contributed by atoms with Crippen LogP contribution < -0.4 is 5.73 Å². The van der Waals surface area contributed by atoms with E-state index in [4.69, 9.17) is 10.8 Å². The predicted octanol–water partition coefficient (Wildman–Crippen LogP) is 0.274. The molecule has 0 aromatic rings. The Kier molecular flexibility index (Phi) is 3.46. The molecule has 58 valence electrons. The van der Waals surface area contributed by atoms with Gasteiger partial charge in [0.25, 0.3) is 0 Å². The first-order valence-corrected chi connectivity index (χ1v) is 3.44. The number of carboxylic acids is 1. The van der Waals surface area contributed by atoms with Crippen LogP contribution in [0.25, 0.3) is 0 Å². The Bertz CT molecular complexity index is 149. The third-order valence-electron chi connectivity index (χ3n) is 1.22. The van der Waals surface area contributed by atoms with E-state index < -0.39 is 11.5 Å². The zero-order chi connectivity index (χ0) is 8.20. The third-order valence-corrected chi connectivity index (χ3v) is 1.78. The van der Waals surface area contributed by atoms with Crippen LogP contribution in [0.5, 0.6) is 0 Å². The second kappa shape index (κ2) is 3.63. The number of hydrogen-bond donors (Lipinski definition) is 3. The molecule has 0 spiro atoms. The Labute approximate surface area is 65.3 Å². The number of carboxylic acid groups (broad SMARTS) is 1. The van der Waals surface area contributed by atoms with E-state index in [9.17, 15) is 4.79 Å². The minimum atomic E-state index is -1.25. The van der Waals surface area contributed by atoms with Gasteiger partial charge in [-0.05, 0) is 6.42 Å². The van der Waals surface area contributed by atoms with Gasteiger partial charge in [0.15, 0.2) is 0 Å². The molecule has 0 fully saturated rings. The molecule has 3 N–H and O–H groups in total. The molecule has 0 aromatic heterocycles. The fourth-order valence-corrected chi connectivity index (χ4v) is 0.741. The number of nitrogens with two attached hydrogens (primary N) is 1. The molecule has 1 unspecified atom stereocenters. The minimum absolute atomic E-state index is 0.119. The molecule has 10 heavy (non-hydrogen) atoms. The quantitative estimate of drug-likeness (QED) is 0.410. The molecular formula is C6H11NO2S. The number of rotatable bonds is 4. The monoisotopic (exact) mass is 161 g/mol. The van der Waals surface area contributed by atoms with Crippen LogP contribution in [0.3, 0.4) is 0 Å². The van der Waals surface area contributed by atoms with Crippen molar-refractivity contribution >= 4 is 18.6 Å². The van der Waals surface area contributed by atoms with E-state index >= 15 is 0 Å². The zero-order valence-electron chi connectivity index (χ0n) is 5.58. The van der Waals surface area contributed by atoms with E-state index in [-0.39, 0.29) is 12.2 Å². The summed E-state index contributed by atoms with van der Waals surface area (Å²) < 4.78 is 0. The van der Waals surface area contributed by atoms with Crippen molar-refractivity contribution in [2.75, 3.05) is 5.75 Å². The van der Waals surface area contributed by atoms with Crippen LogP contribution in [0.15, 0.2) is 12.7 Å². The van der Waals surface area contributed by atoms with E-state index in [2.05, 4.69) is 19.2 Å². The van der Waals surface area contributed by atoms with Gasteiger partial charge in [-0.3, -0.25) is 4.79 Å². The summed E-state index contributed by atoms with van der Waals surface area (Å²) >= 11 is 3.82. The molecule has 1 atom stereocenters. The summed E-state index contributed by atoms with van der Waals surface area (Å²) in [6.45, 7) is 3.40. The fourth-order valence-electron chi connectivity index (χ4n) is 0.477. The van der Waals surface area contributed by atoms with Crippen molar-refractivity contribution in [3.63, 3.8) is 0 Å². The standard InChI is InChI=1S/C6H11NO2S/c1-2-3-6(7,4-10)5(8)9/h2,10H,1,3-4,7H2,(H,8,9). The molecule has 0 amide bonds. The highest BCUT2D eigenvalue weighted by Gasteiger charge is 2.30. The average Bonchev–Trinajstić information content (AvgIpc) is 1.88. The maximum absolute atomic E-state index is 10.4. The predicted molar refractivity (Wildman–Crippen MR) is 43.2 cm³/mol. The van der Waals surface area contributed by atoms with Gasteiger partial charge < -0.3 is 10.8 Å². The summed E-state index contributed by atoms with van der Waals surface area (Å²) in [4.78, 5) is 10.4. The zero-order valence-corrected chi connectivity index (χ0v) is 6.47. The molecule has 0 radical (unpaired) electrons. The molecule has 0 aliphatic rings. The molecule has 0 saturated heterocycles. The van der Waals surface area contributed by atoms with Crippen LogP contribution in [0, 0.1) is 0 Å². The molecule has 0 heterocycles. The molecular weight excluding hydrogens is 150 g/mol. The van der Waals surface area contributed by atoms with Crippen LogP contribution in [-0.2, 0) is 4.79 Å². The van der Waals surface area contributed by atoms with Crippen molar-refractivity contribution in [2.45, 2.75) is 12.0 Å². The second-order valence-corrected chi connectivity index (χ2v) is 2.43. The third kappa shape index (κ3) is 2.04. The summed E-state index contributed by atoms with van der Waals surface area (Å²) in [6.07, 6.45) is 1.72. The van der Waals surface area contributed by atoms with Crippen LogP contribution in [0.4, 0.5) is 0 Å². The Morgan fingerprint density at radius 3 is 2.50 bits per heavy atom. The number of carbonyl (C=O) groups is 1. The van der Waals surface area contributed by atoms with E-state index in [1.807, 2.05) is 0 Å².